The Kier molecular flexibility index (Phi) is 4.24. The van der Waals surface area contributed by atoms with E-state index >= 15 is 0 Å². The van der Waals surface area contributed by atoms with Crippen molar-refractivity contribution in [1.82, 2.24) is 9.38 Å². The minimum atomic E-state index is -4.46. The maximum Gasteiger partial charge on any atom is 0.418 e. The van der Waals surface area contributed by atoms with E-state index in [4.69, 9.17) is 0 Å². The number of fused-ring (bicyclic) bond motifs is 1. The fraction of sp³-hybridized carbons (Fsp3) is 0.0476. The van der Waals surface area contributed by atoms with Gasteiger partial charge in [-0.3, -0.25) is 9.39 Å². The Morgan fingerprint density at radius 1 is 0.852 bits per heavy atom. The van der Waals surface area contributed by atoms with Crippen molar-refractivity contribution in [1.29, 1.82) is 0 Å². The highest BCUT2D eigenvalue weighted by Crippen LogP contribution is 2.36. The number of alkyl halides is 3. The topological polar surface area (TPSA) is 29.7 Å². The smallest absolute Gasteiger partial charge is 0.299 e. The lowest BCUT2D eigenvalue weighted by molar-refractivity contribution is -0.137. The van der Waals surface area contributed by atoms with Gasteiger partial charge in [0.05, 0.1) is 23.0 Å². The van der Waals surface area contributed by atoms with E-state index < -0.39 is 11.7 Å². The molecule has 0 aliphatic carbocycles. The Morgan fingerprint density at radius 3 is 2.33 bits per heavy atom. The summed E-state index contributed by atoms with van der Waals surface area (Å²) in [5.74, 6) is 0.705. The highest BCUT2D eigenvalue weighted by atomic mass is 19.4. The minimum absolute atomic E-state index is 0.136. The first-order valence-corrected chi connectivity index (χ1v) is 8.27. The van der Waals surface area contributed by atoms with Gasteiger partial charge in [0.1, 0.15) is 11.5 Å². The lowest BCUT2D eigenvalue weighted by Gasteiger charge is -2.08. The van der Waals surface area contributed by atoms with Gasteiger partial charge >= 0.3 is 6.18 Å². The summed E-state index contributed by atoms with van der Waals surface area (Å²) >= 11 is 0. The Bertz CT molecular complexity index is 1110. The van der Waals surface area contributed by atoms with E-state index in [1.54, 1.807) is 0 Å². The van der Waals surface area contributed by atoms with Gasteiger partial charge in [-0.15, -0.1) is 0 Å². The van der Waals surface area contributed by atoms with E-state index in [9.17, 15) is 13.2 Å². The van der Waals surface area contributed by atoms with Crippen LogP contribution in [0, 0.1) is 0 Å². The molecule has 0 spiro atoms. The molecule has 3 nitrogen and oxygen atoms in total. The standard InChI is InChI=1S/C21H14F3N3/c22-21(23,24)16-10-4-5-11-17(16)25-14-18-19-12-6-7-13-27(19)20(26-18)15-8-2-1-3-9-15/h1-14H. The number of para-hydroxylation sites is 1. The van der Waals surface area contributed by atoms with Crippen LogP contribution >= 0.6 is 0 Å². The van der Waals surface area contributed by atoms with Crippen LogP contribution in [0.5, 0.6) is 0 Å². The summed E-state index contributed by atoms with van der Waals surface area (Å²) in [6.07, 6.45) is -1.21. The van der Waals surface area contributed by atoms with Crippen molar-refractivity contribution >= 4 is 17.4 Å². The van der Waals surface area contributed by atoms with Gasteiger partial charge in [0.15, 0.2) is 0 Å². The average Bonchev–Trinajstić information content (AvgIpc) is 3.05. The first-order valence-electron chi connectivity index (χ1n) is 8.27. The summed E-state index contributed by atoms with van der Waals surface area (Å²) in [4.78, 5) is 8.68. The number of imidazole rings is 1. The van der Waals surface area contributed by atoms with Crippen LogP contribution in [-0.4, -0.2) is 15.6 Å². The van der Waals surface area contributed by atoms with Gasteiger partial charge in [0, 0.05) is 11.8 Å². The third-order valence-electron chi connectivity index (χ3n) is 4.14. The molecule has 0 atom stereocenters. The van der Waals surface area contributed by atoms with Crippen LogP contribution in [0.15, 0.2) is 84.0 Å². The number of nitrogens with zero attached hydrogens (tertiary/aromatic N) is 3. The number of rotatable bonds is 3. The molecule has 0 bridgehead atoms. The van der Waals surface area contributed by atoms with Crippen molar-refractivity contribution in [2.75, 3.05) is 0 Å². The zero-order chi connectivity index (χ0) is 18.9. The van der Waals surface area contributed by atoms with E-state index in [2.05, 4.69) is 9.98 Å². The number of halogens is 3. The van der Waals surface area contributed by atoms with Gasteiger partial charge in [-0.05, 0) is 24.3 Å². The van der Waals surface area contributed by atoms with E-state index in [0.29, 0.717) is 11.5 Å². The Morgan fingerprint density at radius 2 is 1.56 bits per heavy atom. The van der Waals surface area contributed by atoms with Crippen molar-refractivity contribution in [3.63, 3.8) is 0 Å². The average molecular weight is 365 g/mol. The van der Waals surface area contributed by atoms with Gasteiger partial charge in [-0.1, -0.05) is 48.5 Å². The quantitative estimate of drug-likeness (QED) is 0.424. The van der Waals surface area contributed by atoms with Crippen molar-refractivity contribution in [2.45, 2.75) is 6.18 Å². The predicted octanol–water partition coefficient (Wildman–Crippen LogP) is 5.77. The van der Waals surface area contributed by atoms with Gasteiger partial charge in [0.2, 0.25) is 0 Å². The molecule has 0 N–H and O–H groups in total. The second kappa shape index (κ2) is 6.72. The molecule has 0 unspecified atom stereocenters. The van der Waals surface area contributed by atoms with Crippen molar-refractivity contribution in [3.05, 3.63) is 90.3 Å². The van der Waals surface area contributed by atoms with Gasteiger partial charge in [-0.25, -0.2) is 4.98 Å². The molecule has 27 heavy (non-hydrogen) atoms. The molecule has 134 valence electrons. The molecule has 0 aliphatic rings. The van der Waals surface area contributed by atoms with Crippen LogP contribution in [0.4, 0.5) is 18.9 Å². The summed E-state index contributed by atoms with van der Waals surface area (Å²) in [5.41, 5.74) is 1.28. The maximum absolute atomic E-state index is 13.2. The maximum atomic E-state index is 13.2. The summed E-state index contributed by atoms with van der Waals surface area (Å²) in [7, 11) is 0. The van der Waals surface area contributed by atoms with Gasteiger partial charge in [0.25, 0.3) is 0 Å². The van der Waals surface area contributed by atoms with Crippen LogP contribution < -0.4 is 0 Å². The van der Waals surface area contributed by atoms with Gasteiger partial charge < -0.3 is 0 Å². The van der Waals surface area contributed by atoms with Crippen LogP contribution in [0.1, 0.15) is 11.3 Å². The monoisotopic (exact) mass is 365 g/mol. The molecular weight excluding hydrogens is 351 g/mol. The molecule has 2 aromatic heterocycles. The molecule has 4 rings (SSSR count). The molecule has 0 amide bonds. The first-order chi connectivity index (χ1) is 13.0. The third kappa shape index (κ3) is 3.33. The van der Waals surface area contributed by atoms with Crippen LogP contribution in [0.2, 0.25) is 0 Å². The van der Waals surface area contributed by atoms with Crippen LogP contribution in [0.25, 0.3) is 16.9 Å². The van der Waals surface area contributed by atoms with E-state index in [1.807, 2.05) is 59.1 Å². The molecule has 2 aromatic carbocycles. The largest absolute Gasteiger partial charge is 0.418 e. The minimum Gasteiger partial charge on any atom is -0.299 e. The number of aromatic nitrogens is 2. The molecular formula is C21H14F3N3. The molecule has 0 radical (unpaired) electrons. The zero-order valence-electron chi connectivity index (χ0n) is 14.1. The molecule has 0 saturated heterocycles. The lowest BCUT2D eigenvalue weighted by atomic mass is 10.2. The zero-order valence-corrected chi connectivity index (χ0v) is 14.1. The van der Waals surface area contributed by atoms with Gasteiger partial charge in [-0.2, -0.15) is 13.2 Å². The molecule has 6 heteroatoms. The van der Waals surface area contributed by atoms with Crippen molar-refractivity contribution < 1.29 is 13.2 Å². The Hall–Kier alpha value is -3.41. The molecule has 4 aromatic rings. The first kappa shape index (κ1) is 17.0. The second-order valence-corrected chi connectivity index (χ2v) is 5.92. The summed E-state index contributed by atoms with van der Waals surface area (Å²) in [5, 5.41) is 0. The number of aliphatic imine (C=N–C) groups is 1. The molecule has 0 fully saturated rings. The normalized spacial score (nSPS) is 12.1. The van der Waals surface area contributed by atoms with Crippen molar-refractivity contribution in [3.8, 4) is 11.4 Å². The fourth-order valence-corrected chi connectivity index (χ4v) is 2.90. The predicted molar refractivity (Wildman–Crippen MR) is 99.3 cm³/mol. The van der Waals surface area contributed by atoms with Crippen LogP contribution in [0.3, 0.4) is 0 Å². The fourth-order valence-electron chi connectivity index (χ4n) is 2.90. The number of benzene rings is 2. The Labute approximate surface area is 153 Å². The SMILES string of the molecule is FC(F)(F)c1ccccc1N=Cc1nc(-c2ccccc2)n2ccccc12. The highest BCUT2D eigenvalue weighted by molar-refractivity contribution is 5.90. The summed E-state index contributed by atoms with van der Waals surface area (Å²) in [6, 6.07) is 20.4. The second-order valence-electron chi connectivity index (χ2n) is 5.92. The van der Waals surface area contributed by atoms with Crippen molar-refractivity contribution in [2.24, 2.45) is 4.99 Å². The number of hydrogen-bond donors (Lipinski definition) is 0. The molecule has 2 heterocycles. The lowest BCUT2D eigenvalue weighted by Crippen LogP contribution is -2.04. The number of pyridine rings is 1. The highest BCUT2D eigenvalue weighted by Gasteiger charge is 2.33. The van der Waals surface area contributed by atoms with E-state index in [-0.39, 0.29) is 5.69 Å². The summed E-state index contributed by atoms with van der Waals surface area (Å²) in [6.45, 7) is 0. The number of hydrogen-bond acceptors (Lipinski definition) is 2. The van der Waals surface area contributed by atoms with E-state index in [1.165, 1.54) is 24.4 Å². The summed E-state index contributed by atoms with van der Waals surface area (Å²) < 4.78 is 41.4. The molecule has 0 aliphatic heterocycles. The molecule has 0 saturated carbocycles. The Balaban J connectivity index is 1.82. The van der Waals surface area contributed by atoms with Crippen LogP contribution in [-0.2, 0) is 6.18 Å². The van der Waals surface area contributed by atoms with E-state index in [0.717, 1.165) is 17.1 Å². The third-order valence-corrected chi connectivity index (χ3v) is 4.14.